The fourth-order valence-corrected chi connectivity index (χ4v) is 4.41. The second kappa shape index (κ2) is 5.95. The first kappa shape index (κ1) is 14.0. The summed E-state index contributed by atoms with van der Waals surface area (Å²) >= 11 is 0. The Labute approximate surface area is 167 Å². The SMILES string of the molecule is [2H]C([2H])([2H])N1C(=O)OCc2cc(-c3cncc4c3CCC3(COC(=O)N3C)C4)ccc21. The Morgan fingerprint density at radius 2 is 2.07 bits per heavy atom. The minimum Gasteiger partial charge on any atom is -0.447 e. The van der Waals surface area contributed by atoms with Gasteiger partial charge in [0.2, 0.25) is 0 Å². The van der Waals surface area contributed by atoms with Gasteiger partial charge < -0.3 is 14.4 Å². The molecule has 1 aliphatic carbocycles. The molecule has 28 heavy (non-hydrogen) atoms. The minimum atomic E-state index is -2.62. The average molecular weight is 382 g/mol. The molecule has 144 valence electrons. The van der Waals surface area contributed by atoms with E-state index in [0.29, 0.717) is 29.2 Å². The van der Waals surface area contributed by atoms with Gasteiger partial charge in [0.1, 0.15) is 13.2 Å². The van der Waals surface area contributed by atoms with E-state index in [0.717, 1.165) is 35.1 Å². The summed E-state index contributed by atoms with van der Waals surface area (Å²) in [5, 5.41) is 0. The maximum atomic E-state index is 12.0. The monoisotopic (exact) mass is 382 g/mol. The first-order chi connectivity index (χ1) is 14.7. The molecule has 1 aromatic carbocycles. The van der Waals surface area contributed by atoms with Gasteiger partial charge in [-0.25, -0.2) is 9.59 Å². The third-order valence-electron chi connectivity index (χ3n) is 6.12. The van der Waals surface area contributed by atoms with E-state index in [4.69, 9.17) is 13.6 Å². The minimum absolute atomic E-state index is 0.0182. The van der Waals surface area contributed by atoms with Crippen LogP contribution in [-0.2, 0) is 28.9 Å². The number of aromatic nitrogens is 1. The molecule has 3 aliphatic rings. The van der Waals surface area contributed by atoms with E-state index in [2.05, 4.69) is 4.98 Å². The number of likely N-dealkylation sites (N-methyl/N-ethyl adjacent to an activating group) is 1. The smallest absolute Gasteiger partial charge is 0.414 e. The lowest BCUT2D eigenvalue weighted by molar-refractivity contribution is 0.143. The normalized spacial score (nSPS) is 25.4. The number of carbonyl (C=O) groups excluding carboxylic acids is 2. The van der Waals surface area contributed by atoms with Crippen molar-refractivity contribution >= 4 is 17.9 Å². The highest BCUT2D eigenvalue weighted by Gasteiger charge is 2.47. The van der Waals surface area contributed by atoms with Crippen molar-refractivity contribution in [2.45, 2.75) is 31.4 Å². The first-order valence-corrected chi connectivity index (χ1v) is 9.16. The number of cyclic esters (lactones) is 2. The number of pyridine rings is 1. The van der Waals surface area contributed by atoms with Crippen molar-refractivity contribution in [2.24, 2.45) is 0 Å². The zero-order valence-corrected chi connectivity index (χ0v) is 15.4. The highest BCUT2D eigenvalue weighted by Crippen LogP contribution is 2.40. The molecule has 7 heteroatoms. The number of rotatable bonds is 1. The maximum absolute atomic E-state index is 12.0. The zero-order chi connectivity index (χ0) is 22.0. The summed E-state index contributed by atoms with van der Waals surface area (Å²) in [5.74, 6) is 0. The lowest BCUT2D eigenvalue weighted by atomic mass is 9.76. The van der Waals surface area contributed by atoms with Crippen molar-refractivity contribution in [1.82, 2.24) is 9.88 Å². The van der Waals surface area contributed by atoms with Gasteiger partial charge >= 0.3 is 12.2 Å². The van der Waals surface area contributed by atoms with Gasteiger partial charge in [-0.05, 0) is 41.7 Å². The highest BCUT2D eigenvalue weighted by molar-refractivity contribution is 5.90. The molecule has 3 heterocycles. The number of ether oxygens (including phenoxy) is 2. The van der Waals surface area contributed by atoms with Crippen molar-refractivity contribution in [3.05, 3.63) is 47.3 Å². The molecule has 7 nitrogen and oxygen atoms in total. The summed E-state index contributed by atoms with van der Waals surface area (Å²) in [6, 6.07) is 5.32. The number of fused-ring (bicyclic) bond motifs is 2. The summed E-state index contributed by atoms with van der Waals surface area (Å²) in [5.41, 5.74) is 4.70. The molecule has 1 spiro atoms. The summed E-state index contributed by atoms with van der Waals surface area (Å²) < 4.78 is 33.3. The van der Waals surface area contributed by atoms with Crippen LogP contribution in [0.25, 0.3) is 11.1 Å². The number of amides is 2. The van der Waals surface area contributed by atoms with E-state index in [9.17, 15) is 9.59 Å². The predicted octanol–water partition coefficient (Wildman–Crippen LogP) is 3.14. The Morgan fingerprint density at radius 1 is 1.18 bits per heavy atom. The van der Waals surface area contributed by atoms with E-state index in [1.54, 1.807) is 24.2 Å². The van der Waals surface area contributed by atoms with Crippen molar-refractivity contribution in [3.8, 4) is 11.1 Å². The summed E-state index contributed by atoms with van der Waals surface area (Å²) in [4.78, 5) is 30.8. The van der Waals surface area contributed by atoms with Crippen molar-refractivity contribution in [2.75, 3.05) is 25.5 Å². The fraction of sp³-hybridized carbons (Fsp3) is 0.381. The molecule has 0 radical (unpaired) electrons. The van der Waals surface area contributed by atoms with Gasteiger partial charge in [0, 0.05) is 48.1 Å². The predicted molar refractivity (Wildman–Crippen MR) is 102 cm³/mol. The van der Waals surface area contributed by atoms with Crippen LogP contribution >= 0.6 is 0 Å². The van der Waals surface area contributed by atoms with E-state index >= 15 is 0 Å². The Kier molecular flexibility index (Phi) is 2.97. The summed E-state index contributed by atoms with van der Waals surface area (Å²) in [7, 11) is 1.78. The number of carbonyl (C=O) groups is 2. The van der Waals surface area contributed by atoms with Crippen LogP contribution in [0.4, 0.5) is 15.3 Å². The topological polar surface area (TPSA) is 72.0 Å². The third kappa shape index (κ3) is 2.38. The van der Waals surface area contributed by atoms with Crippen LogP contribution in [0.15, 0.2) is 30.6 Å². The molecule has 0 bridgehead atoms. The molecule has 2 aromatic rings. The van der Waals surface area contributed by atoms with Crippen LogP contribution in [0.5, 0.6) is 0 Å². The molecule has 5 rings (SSSR count). The fourth-order valence-electron chi connectivity index (χ4n) is 4.41. The molecule has 1 unspecified atom stereocenters. The van der Waals surface area contributed by atoms with Crippen LogP contribution in [-0.4, -0.2) is 48.2 Å². The molecule has 1 fully saturated rings. The maximum Gasteiger partial charge on any atom is 0.414 e. The molecule has 1 saturated heterocycles. The Hall–Kier alpha value is -3.09. The zero-order valence-electron chi connectivity index (χ0n) is 18.4. The molecule has 0 saturated carbocycles. The van der Waals surface area contributed by atoms with Gasteiger partial charge in [0.15, 0.2) is 0 Å². The molecule has 2 amide bonds. The number of nitrogens with zero attached hydrogens (tertiary/aromatic N) is 3. The molecular weight excluding hydrogens is 358 g/mol. The van der Waals surface area contributed by atoms with Crippen LogP contribution in [0, 0.1) is 0 Å². The highest BCUT2D eigenvalue weighted by atomic mass is 16.6. The Bertz CT molecular complexity index is 1100. The van der Waals surface area contributed by atoms with Crippen LogP contribution in [0.2, 0.25) is 0 Å². The molecule has 2 aliphatic heterocycles. The van der Waals surface area contributed by atoms with E-state index < -0.39 is 13.1 Å². The molecule has 1 aromatic heterocycles. The number of hydrogen-bond acceptors (Lipinski definition) is 5. The summed E-state index contributed by atoms with van der Waals surface area (Å²) in [6.45, 7) is -2.23. The van der Waals surface area contributed by atoms with Crippen LogP contribution < -0.4 is 4.90 Å². The van der Waals surface area contributed by atoms with Gasteiger partial charge in [-0.15, -0.1) is 0 Å². The second-order valence-corrected chi connectivity index (χ2v) is 7.57. The van der Waals surface area contributed by atoms with Gasteiger partial charge in [0.05, 0.1) is 11.2 Å². The van der Waals surface area contributed by atoms with Crippen molar-refractivity contribution in [1.29, 1.82) is 0 Å². The van der Waals surface area contributed by atoms with Gasteiger partial charge in [-0.1, -0.05) is 6.07 Å². The lowest BCUT2D eigenvalue weighted by Crippen LogP contribution is -2.49. The largest absolute Gasteiger partial charge is 0.447 e. The lowest BCUT2D eigenvalue weighted by Gasteiger charge is -2.38. The Morgan fingerprint density at radius 3 is 2.86 bits per heavy atom. The number of anilines is 1. The van der Waals surface area contributed by atoms with Crippen LogP contribution in [0.3, 0.4) is 0 Å². The van der Waals surface area contributed by atoms with Crippen LogP contribution in [0.1, 0.15) is 27.2 Å². The van der Waals surface area contributed by atoms with Crippen molar-refractivity contribution < 1.29 is 23.2 Å². The van der Waals surface area contributed by atoms with Gasteiger partial charge in [-0.2, -0.15) is 0 Å². The van der Waals surface area contributed by atoms with Gasteiger partial charge in [-0.3, -0.25) is 9.88 Å². The van der Waals surface area contributed by atoms with Crippen molar-refractivity contribution in [3.63, 3.8) is 0 Å². The third-order valence-corrected chi connectivity index (χ3v) is 6.12. The average Bonchev–Trinajstić information content (AvgIpc) is 3.00. The van der Waals surface area contributed by atoms with Gasteiger partial charge in [0.25, 0.3) is 0 Å². The number of hydrogen-bond donors (Lipinski definition) is 0. The molecular formula is C21H21N3O4. The standard InChI is InChI=1S/C21H21N3O4/c1-23-18-4-3-13(7-14(18)11-27-19(23)25)17-10-22-9-15-8-21(6-5-16(15)17)12-28-20(26)24(21)2/h3-4,7,9-10H,5-6,8,11-12H2,1-2H3/i1D3. The summed E-state index contributed by atoms with van der Waals surface area (Å²) in [6.07, 6.45) is 4.69. The molecule has 0 N–H and O–H groups in total. The quantitative estimate of drug-likeness (QED) is 0.758. The van der Waals surface area contributed by atoms with E-state index in [-0.39, 0.29) is 18.2 Å². The van der Waals surface area contributed by atoms with E-state index in [1.807, 2.05) is 18.3 Å². The first-order valence-electron chi connectivity index (χ1n) is 10.7. The Balaban J connectivity index is 1.52. The molecule has 1 atom stereocenters. The second-order valence-electron chi connectivity index (χ2n) is 7.57. The number of benzene rings is 1. The van der Waals surface area contributed by atoms with E-state index in [1.165, 1.54) is 0 Å².